The molecule has 0 unspecified atom stereocenters. The molecule has 0 saturated carbocycles. The molecular formula is C15H16FN5OS2. The maximum atomic E-state index is 13.2. The third-order valence-electron chi connectivity index (χ3n) is 2.90. The number of nitrogens with one attached hydrogen (secondary N) is 1. The fourth-order valence-corrected chi connectivity index (χ4v) is 3.53. The van der Waals surface area contributed by atoms with Gasteiger partial charge in [0.25, 0.3) is 0 Å². The lowest BCUT2D eigenvalue weighted by Gasteiger charge is -2.00. The van der Waals surface area contributed by atoms with E-state index in [4.69, 9.17) is 4.52 Å². The first kappa shape index (κ1) is 16.8. The van der Waals surface area contributed by atoms with Crippen LogP contribution in [0.25, 0.3) is 0 Å². The Kier molecular flexibility index (Phi) is 5.41. The summed E-state index contributed by atoms with van der Waals surface area (Å²) < 4.78 is 19.2. The van der Waals surface area contributed by atoms with Crippen LogP contribution in [0.15, 0.2) is 33.1 Å². The van der Waals surface area contributed by atoms with Crippen LogP contribution in [-0.2, 0) is 12.2 Å². The van der Waals surface area contributed by atoms with E-state index in [1.54, 1.807) is 12.1 Å². The Labute approximate surface area is 146 Å². The van der Waals surface area contributed by atoms with E-state index in [2.05, 4.69) is 39.5 Å². The summed E-state index contributed by atoms with van der Waals surface area (Å²) in [6.45, 7) is 4.21. The molecule has 0 aliphatic rings. The second-order valence-corrected chi connectivity index (χ2v) is 7.70. The molecule has 0 bridgehead atoms. The third-order valence-corrected chi connectivity index (χ3v) is 4.87. The van der Waals surface area contributed by atoms with Crippen LogP contribution in [0.1, 0.15) is 25.6 Å². The van der Waals surface area contributed by atoms with Gasteiger partial charge in [-0.15, -0.1) is 10.2 Å². The summed E-state index contributed by atoms with van der Waals surface area (Å²) in [6.07, 6.45) is 0.776. The molecule has 126 valence electrons. The normalized spacial score (nSPS) is 11.2. The first-order valence-corrected chi connectivity index (χ1v) is 9.19. The molecule has 0 spiro atoms. The number of aromatic nitrogens is 4. The van der Waals surface area contributed by atoms with Crippen molar-refractivity contribution in [2.24, 2.45) is 5.92 Å². The van der Waals surface area contributed by atoms with Crippen molar-refractivity contribution in [3.63, 3.8) is 0 Å². The van der Waals surface area contributed by atoms with Crippen LogP contribution in [0.3, 0.4) is 0 Å². The molecule has 0 aliphatic carbocycles. The van der Waals surface area contributed by atoms with Gasteiger partial charge in [0.15, 0.2) is 10.2 Å². The van der Waals surface area contributed by atoms with Crippen LogP contribution in [0, 0.1) is 11.7 Å². The molecule has 0 amide bonds. The lowest BCUT2D eigenvalue weighted by molar-refractivity contribution is 0.360. The van der Waals surface area contributed by atoms with Crippen molar-refractivity contribution in [1.29, 1.82) is 0 Å². The zero-order chi connectivity index (χ0) is 16.9. The molecule has 2 aromatic heterocycles. The first-order valence-electron chi connectivity index (χ1n) is 7.39. The number of benzene rings is 1. The van der Waals surface area contributed by atoms with Crippen molar-refractivity contribution >= 4 is 33.9 Å². The summed E-state index contributed by atoms with van der Waals surface area (Å²) in [7, 11) is 0. The topological polar surface area (TPSA) is 76.7 Å². The quantitative estimate of drug-likeness (QED) is 0.626. The average Bonchev–Trinajstić information content (AvgIpc) is 3.14. The Bertz CT molecular complexity index is 805. The molecular weight excluding hydrogens is 349 g/mol. The summed E-state index contributed by atoms with van der Waals surface area (Å²) in [5.74, 6) is 2.05. The van der Waals surface area contributed by atoms with Gasteiger partial charge in [0.2, 0.25) is 11.0 Å². The first-order chi connectivity index (χ1) is 11.6. The molecule has 1 aromatic carbocycles. The highest BCUT2D eigenvalue weighted by Gasteiger charge is 2.11. The summed E-state index contributed by atoms with van der Waals surface area (Å²) >= 11 is 2.88. The van der Waals surface area contributed by atoms with Gasteiger partial charge in [-0.2, -0.15) is 4.98 Å². The van der Waals surface area contributed by atoms with Gasteiger partial charge in [-0.3, -0.25) is 0 Å². The second kappa shape index (κ2) is 7.71. The minimum absolute atomic E-state index is 0.298. The van der Waals surface area contributed by atoms with Gasteiger partial charge in [-0.25, -0.2) is 4.39 Å². The average molecular weight is 365 g/mol. The summed E-state index contributed by atoms with van der Waals surface area (Å²) in [5.41, 5.74) is 0.638. The summed E-state index contributed by atoms with van der Waals surface area (Å²) in [6, 6.07) is 6.21. The number of anilines is 2. The van der Waals surface area contributed by atoms with Gasteiger partial charge in [-0.1, -0.05) is 48.2 Å². The standard InChI is InChI=1S/C15H16FN5OS2/c1-9(2)6-13-18-12(21-22-13)8-23-15-20-19-14(24-15)17-11-5-3-4-10(16)7-11/h3-5,7,9H,6,8H2,1-2H3,(H,17,19). The van der Waals surface area contributed by atoms with Gasteiger partial charge >= 0.3 is 0 Å². The molecule has 0 radical (unpaired) electrons. The van der Waals surface area contributed by atoms with E-state index < -0.39 is 0 Å². The molecule has 1 N–H and O–H groups in total. The predicted molar refractivity (Wildman–Crippen MR) is 92.0 cm³/mol. The van der Waals surface area contributed by atoms with Crippen molar-refractivity contribution in [3.8, 4) is 0 Å². The van der Waals surface area contributed by atoms with Gasteiger partial charge in [0, 0.05) is 12.1 Å². The highest BCUT2D eigenvalue weighted by molar-refractivity contribution is 8.00. The Morgan fingerprint density at radius 2 is 2.21 bits per heavy atom. The molecule has 3 aromatic rings. The molecule has 24 heavy (non-hydrogen) atoms. The monoisotopic (exact) mass is 365 g/mol. The second-order valence-electron chi connectivity index (χ2n) is 5.50. The Balaban J connectivity index is 1.55. The largest absolute Gasteiger partial charge is 0.339 e. The van der Waals surface area contributed by atoms with Crippen molar-refractivity contribution < 1.29 is 8.91 Å². The van der Waals surface area contributed by atoms with E-state index in [0.717, 1.165) is 10.8 Å². The third kappa shape index (κ3) is 4.75. The van der Waals surface area contributed by atoms with Crippen LogP contribution in [-0.4, -0.2) is 20.3 Å². The SMILES string of the molecule is CC(C)Cc1nc(CSc2nnc(Nc3cccc(F)c3)s2)no1. The molecule has 0 fully saturated rings. The van der Waals surface area contributed by atoms with Crippen molar-refractivity contribution in [1.82, 2.24) is 20.3 Å². The van der Waals surface area contributed by atoms with E-state index in [9.17, 15) is 4.39 Å². The lowest BCUT2D eigenvalue weighted by Crippen LogP contribution is -1.94. The summed E-state index contributed by atoms with van der Waals surface area (Å²) in [4.78, 5) is 4.35. The molecule has 0 aliphatic heterocycles. The van der Waals surface area contributed by atoms with Gasteiger partial charge in [-0.05, 0) is 24.1 Å². The predicted octanol–water partition coefficient (Wildman–Crippen LogP) is 4.29. The van der Waals surface area contributed by atoms with Crippen molar-refractivity contribution in [2.45, 2.75) is 30.4 Å². The maximum Gasteiger partial charge on any atom is 0.226 e. The van der Waals surface area contributed by atoms with Crippen LogP contribution in [0.4, 0.5) is 15.2 Å². The van der Waals surface area contributed by atoms with Gasteiger partial charge < -0.3 is 9.84 Å². The van der Waals surface area contributed by atoms with Crippen LogP contribution in [0.5, 0.6) is 0 Å². The van der Waals surface area contributed by atoms with E-state index in [-0.39, 0.29) is 5.82 Å². The molecule has 3 rings (SSSR count). The van der Waals surface area contributed by atoms with Gasteiger partial charge in [0.1, 0.15) is 5.82 Å². The minimum Gasteiger partial charge on any atom is -0.339 e. The lowest BCUT2D eigenvalue weighted by atomic mass is 10.1. The van der Waals surface area contributed by atoms with Crippen LogP contribution < -0.4 is 5.32 Å². The fourth-order valence-electron chi connectivity index (χ4n) is 1.92. The van der Waals surface area contributed by atoms with Gasteiger partial charge in [0.05, 0.1) is 5.75 Å². The number of nitrogens with zero attached hydrogens (tertiary/aromatic N) is 4. The zero-order valence-electron chi connectivity index (χ0n) is 13.2. The van der Waals surface area contributed by atoms with E-state index in [1.165, 1.54) is 35.2 Å². The Hall–Kier alpha value is -2.00. The van der Waals surface area contributed by atoms with E-state index >= 15 is 0 Å². The number of hydrogen-bond donors (Lipinski definition) is 1. The smallest absolute Gasteiger partial charge is 0.226 e. The Morgan fingerprint density at radius 3 is 3.00 bits per heavy atom. The highest BCUT2D eigenvalue weighted by atomic mass is 32.2. The molecule has 0 saturated heterocycles. The van der Waals surface area contributed by atoms with E-state index in [1.807, 2.05) is 0 Å². The molecule has 9 heteroatoms. The van der Waals surface area contributed by atoms with Crippen molar-refractivity contribution in [2.75, 3.05) is 5.32 Å². The number of thioether (sulfide) groups is 1. The fraction of sp³-hybridized carbons (Fsp3) is 0.333. The molecule has 0 atom stereocenters. The maximum absolute atomic E-state index is 13.2. The zero-order valence-corrected chi connectivity index (χ0v) is 14.8. The van der Waals surface area contributed by atoms with Crippen LogP contribution >= 0.6 is 23.1 Å². The molecule has 2 heterocycles. The Morgan fingerprint density at radius 1 is 1.33 bits per heavy atom. The van der Waals surface area contributed by atoms with Crippen LogP contribution in [0.2, 0.25) is 0 Å². The number of rotatable bonds is 7. The summed E-state index contributed by atoms with van der Waals surface area (Å²) in [5, 5.41) is 15.7. The minimum atomic E-state index is -0.298. The number of hydrogen-bond acceptors (Lipinski definition) is 8. The molecule has 6 nitrogen and oxygen atoms in total. The van der Waals surface area contributed by atoms with Crippen molar-refractivity contribution in [3.05, 3.63) is 41.8 Å². The highest BCUT2D eigenvalue weighted by Crippen LogP contribution is 2.29. The van der Waals surface area contributed by atoms with E-state index in [0.29, 0.717) is 34.2 Å². The number of halogens is 1.